The molecule has 0 spiro atoms. The molecule has 0 saturated carbocycles. The molecule has 1 aromatic heterocycles. The first kappa shape index (κ1) is 19.7. The van der Waals surface area contributed by atoms with Crippen molar-refractivity contribution in [3.05, 3.63) is 77.1 Å². The van der Waals surface area contributed by atoms with Gasteiger partial charge in [0, 0.05) is 41.5 Å². The molecule has 2 N–H and O–H groups in total. The van der Waals surface area contributed by atoms with E-state index in [0.717, 1.165) is 24.0 Å². The van der Waals surface area contributed by atoms with E-state index in [0.29, 0.717) is 35.9 Å². The fourth-order valence-corrected chi connectivity index (χ4v) is 4.46. The minimum Gasteiger partial charge on any atom is -0.396 e. The number of hydrogen-bond acceptors (Lipinski definition) is 3. The molecule has 0 bridgehead atoms. The number of aromatic amines is 1. The van der Waals surface area contributed by atoms with Gasteiger partial charge in [-0.3, -0.25) is 4.79 Å². The van der Waals surface area contributed by atoms with E-state index in [-0.39, 0.29) is 17.9 Å². The molecule has 2 aromatic carbocycles. The number of nitrogens with zero attached hydrogens (tertiary/aromatic N) is 2. The van der Waals surface area contributed by atoms with Crippen molar-refractivity contribution in [3.8, 4) is 11.4 Å². The highest BCUT2D eigenvalue weighted by molar-refractivity contribution is 6.30. The van der Waals surface area contributed by atoms with Crippen LogP contribution in [0.3, 0.4) is 0 Å². The highest BCUT2D eigenvalue weighted by Crippen LogP contribution is 2.35. The van der Waals surface area contributed by atoms with Gasteiger partial charge in [-0.05, 0) is 43.0 Å². The molecule has 4 rings (SSSR count). The summed E-state index contributed by atoms with van der Waals surface area (Å²) in [5.74, 6) is 0.652. The fourth-order valence-electron chi connectivity index (χ4n) is 4.25. The molecule has 0 aliphatic carbocycles. The Kier molecular flexibility index (Phi) is 5.69. The normalized spacial score (nSPS) is 19.3. The van der Waals surface area contributed by atoms with Gasteiger partial charge in [0.25, 0.3) is 5.91 Å². The number of rotatable bonds is 5. The topological polar surface area (TPSA) is 69.2 Å². The largest absolute Gasteiger partial charge is 0.396 e. The van der Waals surface area contributed by atoms with Crippen LogP contribution in [0.2, 0.25) is 5.02 Å². The number of benzene rings is 2. The predicted octanol–water partition coefficient (Wildman–Crippen LogP) is 4.19. The number of nitrogens with one attached hydrogen (secondary N) is 1. The summed E-state index contributed by atoms with van der Waals surface area (Å²) in [6.45, 7) is 1.23. The monoisotopic (exact) mass is 409 g/mol. The Hall–Kier alpha value is -2.63. The van der Waals surface area contributed by atoms with Crippen LogP contribution in [0.5, 0.6) is 0 Å². The van der Waals surface area contributed by atoms with Crippen molar-refractivity contribution in [2.24, 2.45) is 5.41 Å². The van der Waals surface area contributed by atoms with Gasteiger partial charge in [-0.15, -0.1) is 0 Å². The number of aliphatic hydroxyl groups excluding tert-OH is 1. The molecular formula is C23H24ClN3O2. The second-order valence-electron chi connectivity index (χ2n) is 7.78. The van der Waals surface area contributed by atoms with E-state index in [1.807, 2.05) is 53.4 Å². The summed E-state index contributed by atoms with van der Waals surface area (Å²) in [5, 5.41) is 10.9. The van der Waals surface area contributed by atoms with Gasteiger partial charge in [0.15, 0.2) is 0 Å². The van der Waals surface area contributed by atoms with Gasteiger partial charge in [0.05, 0.1) is 12.2 Å². The third-order valence-corrected chi connectivity index (χ3v) is 5.90. The maximum Gasteiger partial charge on any atom is 0.254 e. The number of carbonyl (C=O) groups excluding carboxylic acids is 1. The minimum absolute atomic E-state index is 0.0272. The molecule has 1 aliphatic rings. The van der Waals surface area contributed by atoms with Crippen LogP contribution >= 0.6 is 11.6 Å². The average molecular weight is 410 g/mol. The lowest BCUT2D eigenvalue weighted by atomic mass is 9.75. The van der Waals surface area contributed by atoms with Crippen molar-refractivity contribution in [3.63, 3.8) is 0 Å². The Morgan fingerprint density at radius 2 is 2.10 bits per heavy atom. The summed E-state index contributed by atoms with van der Waals surface area (Å²) >= 11 is 6.14. The summed E-state index contributed by atoms with van der Waals surface area (Å²) in [6.07, 6.45) is 5.85. The Labute approximate surface area is 175 Å². The number of aromatic nitrogens is 2. The standard InChI is InChI=1S/C23H24ClN3O2/c24-18-6-3-5-17(13-18)14-23(16-28)9-4-12-27(15-23)22(29)20-8-2-1-7-19(20)21-25-10-11-26-21/h1-3,5-8,10-11,13,28H,4,9,12,14-16H2,(H,25,26). The van der Waals surface area contributed by atoms with E-state index < -0.39 is 0 Å². The van der Waals surface area contributed by atoms with E-state index in [2.05, 4.69) is 9.97 Å². The number of likely N-dealkylation sites (tertiary alicyclic amines) is 1. The van der Waals surface area contributed by atoms with Crippen molar-refractivity contribution in [1.29, 1.82) is 0 Å². The SMILES string of the molecule is O=C(c1ccccc1-c1ncc[nH]1)N1CCCC(CO)(Cc2cccc(Cl)c2)C1. The molecule has 29 heavy (non-hydrogen) atoms. The van der Waals surface area contributed by atoms with E-state index in [1.165, 1.54) is 0 Å². The number of imidazole rings is 1. The number of halogens is 1. The number of carbonyl (C=O) groups is 1. The van der Waals surface area contributed by atoms with Crippen molar-refractivity contribution < 1.29 is 9.90 Å². The summed E-state index contributed by atoms with van der Waals surface area (Å²) in [6, 6.07) is 15.2. The lowest BCUT2D eigenvalue weighted by molar-refractivity contribution is 0.0272. The van der Waals surface area contributed by atoms with Crippen LogP contribution in [-0.4, -0.2) is 45.6 Å². The maximum absolute atomic E-state index is 13.4. The molecular weight excluding hydrogens is 386 g/mol. The van der Waals surface area contributed by atoms with Gasteiger partial charge in [-0.1, -0.05) is 41.9 Å². The van der Waals surface area contributed by atoms with Crippen molar-refractivity contribution in [2.75, 3.05) is 19.7 Å². The van der Waals surface area contributed by atoms with E-state index in [9.17, 15) is 9.90 Å². The van der Waals surface area contributed by atoms with Gasteiger partial charge in [-0.2, -0.15) is 0 Å². The molecule has 1 atom stereocenters. The summed E-state index contributed by atoms with van der Waals surface area (Å²) in [7, 11) is 0. The van der Waals surface area contributed by atoms with Crippen molar-refractivity contribution in [1.82, 2.24) is 14.9 Å². The van der Waals surface area contributed by atoms with Gasteiger partial charge >= 0.3 is 0 Å². The summed E-state index contributed by atoms with van der Waals surface area (Å²) in [4.78, 5) is 22.7. The van der Waals surface area contributed by atoms with Crippen LogP contribution in [0, 0.1) is 5.41 Å². The Balaban J connectivity index is 1.59. The van der Waals surface area contributed by atoms with Gasteiger partial charge < -0.3 is 15.0 Å². The summed E-state index contributed by atoms with van der Waals surface area (Å²) < 4.78 is 0. The van der Waals surface area contributed by atoms with Crippen molar-refractivity contribution >= 4 is 17.5 Å². The number of H-pyrrole nitrogens is 1. The Bertz CT molecular complexity index is 989. The molecule has 0 radical (unpaired) electrons. The van der Waals surface area contributed by atoms with E-state index in [1.54, 1.807) is 12.4 Å². The highest BCUT2D eigenvalue weighted by atomic mass is 35.5. The van der Waals surface area contributed by atoms with Crippen LogP contribution in [0.1, 0.15) is 28.8 Å². The minimum atomic E-state index is -0.363. The van der Waals surface area contributed by atoms with Crippen LogP contribution < -0.4 is 0 Å². The quantitative estimate of drug-likeness (QED) is 0.663. The van der Waals surface area contributed by atoms with Crippen LogP contribution in [-0.2, 0) is 6.42 Å². The van der Waals surface area contributed by atoms with E-state index >= 15 is 0 Å². The van der Waals surface area contributed by atoms with Gasteiger partial charge in [0.1, 0.15) is 5.82 Å². The Morgan fingerprint density at radius 3 is 2.86 bits per heavy atom. The number of aliphatic hydroxyl groups is 1. The molecule has 1 aliphatic heterocycles. The molecule has 150 valence electrons. The number of amides is 1. The molecule has 6 heteroatoms. The first-order chi connectivity index (χ1) is 14.1. The van der Waals surface area contributed by atoms with Crippen LogP contribution in [0.25, 0.3) is 11.4 Å². The number of hydrogen-bond donors (Lipinski definition) is 2. The van der Waals surface area contributed by atoms with Gasteiger partial charge in [0.2, 0.25) is 0 Å². The lowest BCUT2D eigenvalue weighted by Gasteiger charge is -2.42. The predicted molar refractivity (Wildman–Crippen MR) is 114 cm³/mol. The first-order valence-corrected chi connectivity index (χ1v) is 10.2. The lowest BCUT2D eigenvalue weighted by Crippen LogP contribution is -2.49. The van der Waals surface area contributed by atoms with Crippen molar-refractivity contribution in [2.45, 2.75) is 19.3 Å². The zero-order chi connectivity index (χ0) is 20.3. The molecule has 1 amide bonds. The van der Waals surface area contributed by atoms with Gasteiger partial charge in [-0.25, -0.2) is 4.98 Å². The smallest absolute Gasteiger partial charge is 0.254 e. The second kappa shape index (κ2) is 8.39. The summed E-state index contributed by atoms with van der Waals surface area (Å²) in [5.41, 5.74) is 2.13. The third-order valence-electron chi connectivity index (χ3n) is 5.66. The number of piperidine rings is 1. The molecule has 1 fully saturated rings. The Morgan fingerprint density at radius 1 is 1.24 bits per heavy atom. The highest BCUT2D eigenvalue weighted by Gasteiger charge is 2.37. The third kappa shape index (κ3) is 4.21. The second-order valence-corrected chi connectivity index (χ2v) is 8.21. The first-order valence-electron chi connectivity index (χ1n) is 9.84. The zero-order valence-corrected chi connectivity index (χ0v) is 16.9. The molecule has 3 aromatic rings. The molecule has 5 nitrogen and oxygen atoms in total. The fraction of sp³-hybridized carbons (Fsp3) is 0.304. The maximum atomic E-state index is 13.4. The van der Waals surface area contributed by atoms with E-state index in [4.69, 9.17) is 11.6 Å². The van der Waals surface area contributed by atoms with Crippen LogP contribution in [0.15, 0.2) is 60.9 Å². The van der Waals surface area contributed by atoms with Crippen LogP contribution in [0.4, 0.5) is 0 Å². The average Bonchev–Trinajstić information content (AvgIpc) is 3.28. The molecule has 2 heterocycles. The zero-order valence-electron chi connectivity index (χ0n) is 16.1. The molecule has 1 saturated heterocycles. The molecule has 1 unspecified atom stereocenters.